The molecule has 4 heteroatoms. The summed E-state index contributed by atoms with van der Waals surface area (Å²) in [6.45, 7) is 10.3. The van der Waals surface area contributed by atoms with Gasteiger partial charge in [0.05, 0.1) is 13.2 Å². The van der Waals surface area contributed by atoms with E-state index in [0.29, 0.717) is 5.75 Å². The summed E-state index contributed by atoms with van der Waals surface area (Å²) in [5.41, 5.74) is 2.37. The summed E-state index contributed by atoms with van der Waals surface area (Å²) in [6.07, 6.45) is 0.225. The topological polar surface area (TPSA) is 47.6 Å². The van der Waals surface area contributed by atoms with E-state index in [-0.39, 0.29) is 17.4 Å². The van der Waals surface area contributed by atoms with Crippen molar-refractivity contribution in [1.29, 1.82) is 0 Å². The van der Waals surface area contributed by atoms with E-state index in [4.69, 9.17) is 9.47 Å². The van der Waals surface area contributed by atoms with E-state index in [9.17, 15) is 4.79 Å². The third kappa shape index (κ3) is 5.75. The molecule has 2 aromatic carbocycles. The molecule has 0 fully saturated rings. The van der Waals surface area contributed by atoms with Crippen LogP contribution < -0.4 is 14.8 Å². The maximum atomic E-state index is 12.6. The summed E-state index contributed by atoms with van der Waals surface area (Å²) in [5.74, 6) is 1.37. The van der Waals surface area contributed by atoms with Crippen molar-refractivity contribution >= 4 is 5.91 Å². The number of amides is 1. The van der Waals surface area contributed by atoms with Gasteiger partial charge in [-0.2, -0.15) is 0 Å². The molecule has 0 spiro atoms. The average Bonchev–Trinajstić information content (AvgIpc) is 2.65. The van der Waals surface area contributed by atoms with E-state index in [1.54, 1.807) is 14.0 Å². The van der Waals surface area contributed by atoms with Gasteiger partial charge in [-0.1, -0.05) is 52.0 Å². The van der Waals surface area contributed by atoms with E-state index < -0.39 is 6.10 Å². The van der Waals surface area contributed by atoms with Crippen molar-refractivity contribution in [3.63, 3.8) is 0 Å². The van der Waals surface area contributed by atoms with Crippen LogP contribution in [0.3, 0.4) is 0 Å². The van der Waals surface area contributed by atoms with Gasteiger partial charge in [0.1, 0.15) is 11.5 Å². The lowest BCUT2D eigenvalue weighted by molar-refractivity contribution is -0.128. The van der Waals surface area contributed by atoms with Gasteiger partial charge in [-0.15, -0.1) is 0 Å². The first-order chi connectivity index (χ1) is 12.7. The van der Waals surface area contributed by atoms with E-state index in [0.717, 1.165) is 17.7 Å². The van der Waals surface area contributed by atoms with Crippen LogP contribution in [-0.2, 0) is 10.2 Å². The minimum atomic E-state index is -0.571. The van der Waals surface area contributed by atoms with Crippen LogP contribution in [0.1, 0.15) is 58.2 Å². The molecule has 4 nitrogen and oxygen atoms in total. The molecule has 0 saturated carbocycles. The lowest BCUT2D eigenvalue weighted by Gasteiger charge is -2.22. The molecule has 0 aliphatic carbocycles. The predicted octanol–water partition coefficient (Wildman–Crippen LogP) is 5.03. The number of methoxy groups -OCH3 is 1. The van der Waals surface area contributed by atoms with Crippen LogP contribution in [0.2, 0.25) is 0 Å². The van der Waals surface area contributed by atoms with Crippen LogP contribution in [0, 0.1) is 0 Å². The van der Waals surface area contributed by atoms with Crippen molar-refractivity contribution < 1.29 is 14.3 Å². The van der Waals surface area contributed by atoms with Crippen molar-refractivity contribution in [2.24, 2.45) is 0 Å². The predicted molar refractivity (Wildman–Crippen MR) is 109 cm³/mol. The van der Waals surface area contributed by atoms with Crippen LogP contribution in [-0.4, -0.2) is 19.1 Å². The van der Waals surface area contributed by atoms with E-state index in [2.05, 4.69) is 26.1 Å². The van der Waals surface area contributed by atoms with Gasteiger partial charge in [-0.25, -0.2) is 0 Å². The van der Waals surface area contributed by atoms with Crippen LogP contribution in [0.25, 0.3) is 0 Å². The number of benzene rings is 2. The second kappa shape index (κ2) is 8.94. The third-order valence-electron chi connectivity index (χ3n) is 4.65. The van der Waals surface area contributed by atoms with Gasteiger partial charge in [0, 0.05) is 0 Å². The number of carbonyl (C=O) groups excluding carboxylic acids is 1. The van der Waals surface area contributed by atoms with E-state index >= 15 is 0 Å². The normalized spacial score (nSPS) is 13.6. The van der Waals surface area contributed by atoms with Crippen LogP contribution in [0.15, 0.2) is 48.5 Å². The van der Waals surface area contributed by atoms with Gasteiger partial charge in [0.25, 0.3) is 5.91 Å². The Morgan fingerprint density at radius 2 is 1.56 bits per heavy atom. The molecular formula is C23H31NO3. The Bertz CT molecular complexity index is 730. The molecule has 0 aliphatic rings. The molecule has 2 atom stereocenters. The van der Waals surface area contributed by atoms with Crippen molar-refractivity contribution in [3.8, 4) is 11.5 Å². The summed E-state index contributed by atoms with van der Waals surface area (Å²) in [4.78, 5) is 12.6. The smallest absolute Gasteiger partial charge is 0.261 e. The highest BCUT2D eigenvalue weighted by atomic mass is 16.5. The number of carbonyl (C=O) groups is 1. The minimum Gasteiger partial charge on any atom is -0.497 e. The highest BCUT2D eigenvalue weighted by Gasteiger charge is 2.20. The Hall–Kier alpha value is -2.49. The van der Waals surface area contributed by atoms with Crippen LogP contribution in [0.4, 0.5) is 0 Å². The summed E-state index contributed by atoms with van der Waals surface area (Å²) in [6, 6.07) is 15.6. The van der Waals surface area contributed by atoms with Crippen molar-refractivity contribution in [2.75, 3.05) is 7.11 Å². The second-order valence-corrected chi connectivity index (χ2v) is 7.78. The highest BCUT2D eigenvalue weighted by molar-refractivity contribution is 5.81. The van der Waals surface area contributed by atoms with Crippen LogP contribution >= 0.6 is 0 Å². The van der Waals surface area contributed by atoms with Gasteiger partial charge >= 0.3 is 0 Å². The molecule has 27 heavy (non-hydrogen) atoms. The van der Waals surface area contributed by atoms with Gasteiger partial charge < -0.3 is 14.8 Å². The van der Waals surface area contributed by atoms with E-state index in [1.165, 1.54) is 5.56 Å². The first-order valence-electron chi connectivity index (χ1n) is 9.46. The quantitative estimate of drug-likeness (QED) is 0.745. The zero-order chi connectivity index (χ0) is 20.0. The number of hydrogen-bond donors (Lipinski definition) is 1. The summed E-state index contributed by atoms with van der Waals surface area (Å²) in [7, 11) is 1.64. The number of nitrogens with one attached hydrogen (secondary N) is 1. The summed E-state index contributed by atoms with van der Waals surface area (Å²) < 4.78 is 11.0. The number of rotatable bonds is 7. The maximum absolute atomic E-state index is 12.6. The van der Waals surface area contributed by atoms with Crippen molar-refractivity contribution in [1.82, 2.24) is 5.32 Å². The highest BCUT2D eigenvalue weighted by Crippen LogP contribution is 2.25. The molecule has 0 heterocycles. The molecule has 1 N–H and O–H groups in total. The third-order valence-corrected chi connectivity index (χ3v) is 4.65. The maximum Gasteiger partial charge on any atom is 0.261 e. The van der Waals surface area contributed by atoms with Crippen molar-refractivity contribution in [2.45, 2.75) is 58.6 Å². The minimum absolute atomic E-state index is 0.0577. The first kappa shape index (κ1) is 20.8. The lowest BCUT2D eigenvalue weighted by Crippen LogP contribution is -2.38. The summed E-state index contributed by atoms with van der Waals surface area (Å²) >= 11 is 0. The molecule has 1 amide bonds. The van der Waals surface area contributed by atoms with E-state index in [1.807, 2.05) is 55.5 Å². The molecule has 2 rings (SSSR count). The molecule has 0 bridgehead atoms. The zero-order valence-corrected chi connectivity index (χ0v) is 17.2. The second-order valence-electron chi connectivity index (χ2n) is 7.78. The fourth-order valence-electron chi connectivity index (χ4n) is 2.84. The molecule has 0 saturated heterocycles. The number of ether oxygens (including phenoxy) is 2. The molecule has 0 aromatic heterocycles. The zero-order valence-electron chi connectivity index (χ0n) is 17.2. The number of hydrogen-bond acceptors (Lipinski definition) is 3. The fraction of sp³-hybridized carbons (Fsp3) is 0.435. The monoisotopic (exact) mass is 369 g/mol. The molecule has 146 valence electrons. The van der Waals surface area contributed by atoms with Crippen molar-refractivity contribution in [3.05, 3.63) is 59.7 Å². The van der Waals surface area contributed by atoms with Gasteiger partial charge in [0.15, 0.2) is 6.10 Å². The molecule has 0 radical (unpaired) electrons. The largest absolute Gasteiger partial charge is 0.497 e. The van der Waals surface area contributed by atoms with Gasteiger partial charge in [0.2, 0.25) is 0 Å². The average molecular weight is 370 g/mol. The first-order valence-corrected chi connectivity index (χ1v) is 9.46. The lowest BCUT2D eigenvalue weighted by atomic mass is 9.87. The molecule has 0 unspecified atom stereocenters. The fourth-order valence-corrected chi connectivity index (χ4v) is 2.84. The molecular weight excluding hydrogens is 338 g/mol. The Kier molecular flexibility index (Phi) is 6.89. The molecule has 2 aromatic rings. The Morgan fingerprint density at radius 1 is 1.00 bits per heavy atom. The Morgan fingerprint density at radius 3 is 2.04 bits per heavy atom. The van der Waals surface area contributed by atoms with Gasteiger partial charge in [-0.05, 0) is 54.2 Å². The molecule has 0 aliphatic heterocycles. The Balaban J connectivity index is 1.98. The Labute approximate surface area is 162 Å². The van der Waals surface area contributed by atoms with Gasteiger partial charge in [-0.3, -0.25) is 4.79 Å². The SMILES string of the molecule is CC[C@@H](NC(=O)[C@@H](C)Oc1ccc(C(C)(C)C)cc1)c1ccc(OC)cc1. The summed E-state index contributed by atoms with van der Waals surface area (Å²) in [5, 5.41) is 3.07. The van der Waals surface area contributed by atoms with Crippen LogP contribution in [0.5, 0.6) is 11.5 Å². The standard InChI is InChI=1S/C23H31NO3/c1-7-21(17-8-12-19(26-6)13-9-17)24-22(25)16(2)27-20-14-10-18(11-15-20)23(3,4)5/h8-16,21H,7H2,1-6H3,(H,24,25)/t16-,21-/m1/s1.